The second-order valence-corrected chi connectivity index (χ2v) is 8.93. The lowest BCUT2D eigenvalue weighted by atomic mass is 10.0. The molecule has 1 aromatic heterocycles. The summed E-state index contributed by atoms with van der Waals surface area (Å²) in [6.45, 7) is 0. The molecule has 0 unspecified atom stereocenters. The maximum absolute atomic E-state index is 13.2. The molecule has 0 saturated carbocycles. The number of ether oxygens (including phenoxy) is 2. The molecule has 3 heterocycles. The van der Waals surface area contributed by atoms with Crippen LogP contribution in [0.1, 0.15) is 0 Å². The molecule has 0 spiro atoms. The van der Waals surface area contributed by atoms with E-state index in [1.165, 1.54) is 0 Å². The third kappa shape index (κ3) is 2.62. The van der Waals surface area contributed by atoms with Gasteiger partial charge in [-0.25, -0.2) is 0 Å². The van der Waals surface area contributed by atoms with E-state index in [-0.39, 0.29) is 5.43 Å². The number of anilines is 3. The predicted octanol–water partition coefficient (Wildman–Crippen LogP) is 8.29. The number of benzene rings is 5. The first kappa shape index (κ1) is 19.3. The van der Waals surface area contributed by atoms with E-state index in [0.29, 0.717) is 21.9 Å². The smallest absolute Gasteiger partial charge is 0.200 e. The summed E-state index contributed by atoms with van der Waals surface area (Å²) in [6, 6.07) is 33.0. The monoisotopic (exact) mass is 467 g/mol. The van der Waals surface area contributed by atoms with Crippen LogP contribution in [0.2, 0.25) is 0 Å². The normalized spacial score (nSPS) is 12.9. The summed E-state index contributed by atoms with van der Waals surface area (Å²) in [7, 11) is 0. The van der Waals surface area contributed by atoms with Gasteiger partial charge in [-0.15, -0.1) is 0 Å². The van der Waals surface area contributed by atoms with Crippen LogP contribution in [0.4, 0.5) is 17.1 Å². The number of hydrogen-bond acceptors (Lipinski definition) is 5. The van der Waals surface area contributed by atoms with Gasteiger partial charge in [0.2, 0.25) is 5.43 Å². The van der Waals surface area contributed by atoms with E-state index in [1.54, 1.807) is 6.07 Å². The molecule has 170 valence electrons. The molecule has 0 aliphatic carbocycles. The van der Waals surface area contributed by atoms with Gasteiger partial charge in [0, 0.05) is 0 Å². The first-order valence-corrected chi connectivity index (χ1v) is 11.7. The molecule has 8 rings (SSSR count). The number of hydrogen-bond donors (Lipinski definition) is 0. The highest BCUT2D eigenvalue weighted by Crippen LogP contribution is 2.59. The van der Waals surface area contributed by atoms with E-state index in [2.05, 4.69) is 17.0 Å². The van der Waals surface area contributed by atoms with Crippen molar-refractivity contribution in [2.45, 2.75) is 0 Å². The first-order valence-electron chi connectivity index (χ1n) is 11.7. The van der Waals surface area contributed by atoms with E-state index in [4.69, 9.17) is 13.9 Å². The maximum atomic E-state index is 13.2. The summed E-state index contributed by atoms with van der Waals surface area (Å²) in [5, 5.41) is 1.14. The van der Waals surface area contributed by atoms with Gasteiger partial charge in [0.15, 0.2) is 23.0 Å². The van der Waals surface area contributed by atoms with Gasteiger partial charge in [-0.3, -0.25) is 9.69 Å². The van der Waals surface area contributed by atoms with Crippen LogP contribution in [0.15, 0.2) is 112 Å². The summed E-state index contributed by atoms with van der Waals surface area (Å²) >= 11 is 0. The largest absolute Gasteiger partial charge is 0.456 e. The van der Waals surface area contributed by atoms with Crippen LogP contribution in [0, 0.1) is 0 Å². The van der Waals surface area contributed by atoms with Crippen molar-refractivity contribution in [3.63, 3.8) is 0 Å². The highest BCUT2D eigenvalue weighted by Gasteiger charge is 2.34. The lowest BCUT2D eigenvalue weighted by Crippen LogP contribution is -2.20. The topological polar surface area (TPSA) is 51.9 Å². The Bertz CT molecular complexity index is 1940. The minimum absolute atomic E-state index is 0.0331. The molecule has 0 atom stereocenters. The Morgan fingerprint density at radius 1 is 0.528 bits per heavy atom. The van der Waals surface area contributed by atoms with Crippen LogP contribution in [-0.4, -0.2) is 0 Å². The highest BCUT2D eigenvalue weighted by molar-refractivity contribution is 5.95. The number of nitrogens with zero attached hydrogens (tertiary/aromatic N) is 1. The molecule has 0 fully saturated rings. The molecule has 0 saturated heterocycles. The van der Waals surface area contributed by atoms with Gasteiger partial charge in [0.1, 0.15) is 16.9 Å². The van der Waals surface area contributed by atoms with E-state index >= 15 is 0 Å². The first-order chi connectivity index (χ1) is 17.7. The zero-order chi connectivity index (χ0) is 23.8. The second kappa shape index (κ2) is 6.99. The number of para-hydroxylation sites is 4. The van der Waals surface area contributed by atoms with Crippen LogP contribution >= 0.6 is 0 Å². The van der Waals surface area contributed by atoms with Crippen molar-refractivity contribution in [2.24, 2.45) is 0 Å². The van der Waals surface area contributed by atoms with Gasteiger partial charge in [-0.2, -0.15) is 0 Å². The van der Waals surface area contributed by atoms with Crippen molar-refractivity contribution < 1.29 is 13.9 Å². The van der Waals surface area contributed by atoms with Crippen LogP contribution in [0.5, 0.6) is 23.0 Å². The lowest BCUT2D eigenvalue weighted by Gasteiger charge is -2.37. The maximum Gasteiger partial charge on any atom is 0.200 e. The second-order valence-electron chi connectivity index (χ2n) is 8.93. The molecule has 2 aliphatic rings. The van der Waals surface area contributed by atoms with Gasteiger partial charge in [0.05, 0.1) is 22.1 Å². The van der Waals surface area contributed by atoms with Crippen molar-refractivity contribution in [3.8, 4) is 34.1 Å². The van der Waals surface area contributed by atoms with Gasteiger partial charge in [-0.05, 0) is 71.8 Å². The average Bonchev–Trinajstić information content (AvgIpc) is 2.92. The molecule has 5 aromatic carbocycles. The molecular formula is C31H17NO4. The quantitative estimate of drug-likeness (QED) is 0.227. The molecular weight excluding hydrogens is 450 g/mol. The molecule has 6 aromatic rings. The minimum atomic E-state index is -0.0331. The Balaban J connectivity index is 1.30. The van der Waals surface area contributed by atoms with Crippen LogP contribution in [0.3, 0.4) is 0 Å². The Labute approximate surface area is 205 Å². The Morgan fingerprint density at radius 3 is 2.11 bits per heavy atom. The van der Waals surface area contributed by atoms with E-state index in [9.17, 15) is 4.79 Å². The third-order valence-electron chi connectivity index (χ3n) is 6.84. The molecule has 0 amide bonds. The van der Waals surface area contributed by atoms with Gasteiger partial charge < -0.3 is 13.9 Å². The molecule has 36 heavy (non-hydrogen) atoms. The zero-order valence-electron chi connectivity index (χ0n) is 18.9. The van der Waals surface area contributed by atoms with Gasteiger partial charge in [-0.1, -0.05) is 42.5 Å². The van der Waals surface area contributed by atoms with Crippen molar-refractivity contribution in [1.29, 1.82) is 0 Å². The Hall–Kier alpha value is -5.03. The van der Waals surface area contributed by atoms with Crippen LogP contribution in [-0.2, 0) is 0 Å². The molecule has 2 aliphatic heterocycles. The molecule has 0 bridgehead atoms. The minimum Gasteiger partial charge on any atom is -0.456 e. The zero-order valence-corrected chi connectivity index (χ0v) is 18.9. The van der Waals surface area contributed by atoms with E-state index < -0.39 is 0 Å². The Kier molecular flexibility index (Phi) is 3.75. The van der Waals surface area contributed by atoms with E-state index in [1.807, 2.05) is 84.9 Å². The summed E-state index contributed by atoms with van der Waals surface area (Å²) in [4.78, 5) is 15.4. The fourth-order valence-corrected chi connectivity index (χ4v) is 5.17. The molecule has 5 nitrogen and oxygen atoms in total. The standard InChI is InChI=1S/C31H17NO4/c33-31-20-6-1-3-8-24(20)34-25-15-13-18(16-21(25)31)19-12-14-23-29(17-19)36-28-11-5-10-27-30(28)32(23)22-7-2-4-9-26(22)35-27/h1-17H. The summed E-state index contributed by atoms with van der Waals surface area (Å²) < 4.78 is 18.5. The van der Waals surface area contributed by atoms with E-state index in [0.717, 1.165) is 51.2 Å². The predicted molar refractivity (Wildman–Crippen MR) is 140 cm³/mol. The average molecular weight is 467 g/mol. The Morgan fingerprint density at radius 2 is 1.19 bits per heavy atom. The van der Waals surface area contributed by atoms with Crippen molar-refractivity contribution in [1.82, 2.24) is 0 Å². The van der Waals surface area contributed by atoms with Crippen molar-refractivity contribution >= 4 is 39.0 Å². The van der Waals surface area contributed by atoms with Crippen LogP contribution in [0.25, 0.3) is 33.1 Å². The SMILES string of the molecule is O=c1c2ccccc2oc2ccc(-c3ccc4c(c3)Oc3cccc5c3N4c3ccccc3O5)cc12. The molecule has 0 radical (unpaired) electrons. The van der Waals surface area contributed by atoms with Crippen molar-refractivity contribution in [2.75, 3.05) is 4.90 Å². The highest BCUT2D eigenvalue weighted by atomic mass is 16.5. The third-order valence-corrected chi connectivity index (χ3v) is 6.84. The fraction of sp³-hybridized carbons (Fsp3) is 0. The number of rotatable bonds is 1. The summed E-state index contributed by atoms with van der Waals surface area (Å²) in [6.07, 6.45) is 0. The van der Waals surface area contributed by atoms with Gasteiger partial charge >= 0.3 is 0 Å². The lowest BCUT2D eigenvalue weighted by molar-refractivity contribution is 0.446. The van der Waals surface area contributed by atoms with Crippen LogP contribution < -0.4 is 19.8 Å². The van der Waals surface area contributed by atoms with Gasteiger partial charge in [0.25, 0.3) is 0 Å². The molecule has 0 N–H and O–H groups in total. The fourth-order valence-electron chi connectivity index (χ4n) is 5.17. The number of fused-ring (bicyclic) bond motifs is 6. The summed E-state index contributed by atoms with van der Waals surface area (Å²) in [5.74, 6) is 3.03. The summed E-state index contributed by atoms with van der Waals surface area (Å²) in [5.41, 5.74) is 5.78. The molecule has 5 heteroatoms. The van der Waals surface area contributed by atoms with Crippen molar-refractivity contribution in [3.05, 3.63) is 113 Å².